The van der Waals surface area contributed by atoms with E-state index in [4.69, 9.17) is 10.5 Å². The molecule has 2 aromatic carbocycles. The molecule has 0 aromatic heterocycles. The Hall–Kier alpha value is -1.50. The van der Waals surface area contributed by atoms with Crippen molar-refractivity contribution in [1.82, 2.24) is 5.32 Å². The van der Waals surface area contributed by atoms with E-state index in [0.29, 0.717) is 24.9 Å². The third-order valence-corrected chi connectivity index (χ3v) is 5.20. The molecule has 0 unspecified atom stereocenters. The Balaban J connectivity index is 1.58. The summed E-state index contributed by atoms with van der Waals surface area (Å²) in [6, 6.07) is 14.6. The molecule has 0 amide bonds. The van der Waals surface area contributed by atoms with Crippen molar-refractivity contribution in [3.8, 4) is 0 Å². The zero-order valence-corrected chi connectivity index (χ0v) is 16.0. The van der Waals surface area contributed by atoms with Crippen molar-refractivity contribution in [1.29, 1.82) is 0 Å². The quantitative estimate of drug-likeness (QED) is 0.683. The Bertz CT molecular complexity index is 724. The molecule has 2 atom stereocenters. The first-order valence-electron chi connectivity index (χ1n) is 8.76. The summed E-state index contributed by atoms with van der Waals surface area (Å²) in [5, 5.41) is 3.09. The van der Waals surface area contributed by atoms with Crippen molar-refractivity contribution in [3.05, 3.63) is 64.1 Å². The molecule has 1 aliphatic heterocycles. The number of rotatable bonds is 6. The second-order valence-electron chi connectivity index (χ2n) is 6.71. The van der Waals surface area contributed by atoms with Crippen LogP contribution in [0.3, 0.4) is 0 Å². The molecule has 3 N–H and O–H groups in total. The van der Waals surface area contributed by atoms with Crippen LogP contribution >= 0.6 is 15.9 Å². The highest BCUT2D eigenvalue weighted by atomic mass is 79.9. The van der Waals surface area contributed by atoms with Gasteiger partial charge in [0.15, 0.2) is 0 Å². The van der Waals surface area contributed by atoms with Gasteiger partial charge in [0.2, 0.25) is 0 Å². The summed E-state index contributed by atoms with van der Waals surface area (Å²) in [7, 11) is 0. The predicted molar refractivity (Wildman–Crippen MR) is 103 cm³/mol. The lowest BCUT2D eigenvalue weighted by atomic mass is 10.00. The minimum Gasteiger partial charge on any atom is -0.399 e. The fourth-order valence-corrected chi connectivity index (χ4v) is 3.45. The molecule has 1 fully saturated rings. The van der Waals surface area contributed by atoms with Crippen LogP contribution < -0.4 is 11.1 Å². The SMILES string of the molecule is Nc1ccccc1CC[C@@H]1CNC[C@@H](C(F)(F)Cc2ccc(Br)cc2)O1. The highest BCUT2D eigenvalue weighted by Crippen LogP contribution is 2.29. The van der Waals surface area contributed by atoms with Gasteiger partial charge in [0.1, 0.15) is 6.10 Å². The second-order valence-corrected chi connectivity index (χ2v) is 7.62. The van der Waals surface area contributed by atoms with E-state index in [2.05, 4.69) is 21.2 Å². The van der Waals surface area contributed by atoms with Gasteiger partial charge in [-0.3, -0.25) is 0 Å². The number of alkyl halides is 2. The van der Waals surface area contributed by atoms with Gasteiger partial charge in [-0.25, -0.2) is 8.78 Å². The van der Waals surface area contributed by atoms with Gasteiger partial charge in [0, 0.05) is 29.7 Å². The third kappa shape index (κ3) is 5.02. The zero-order valence-electron chi connectivity index (χ0n) is 14.4. The van der Waals surface area contributed by atoms with E-state index < -0.39 is 12.0 Å². The van der Waals surface area contributed by atoms with E-state index in [0.717, 1.165) is 15.7 Å². The average molecular weight is 425 g/mol. The molecular formula is C20H23BrF2N2O. The van der Waals surface area contributed by atoms with Gasteiger partial charge in [-0.2, -0.15) is 0 Å². The van der Waals surface area contributed by atoms with E-state index >= 15 is 0 Å². The first-order valence-corrected chi connectivity index (χ1v) is 9.55. The van der Waals surface area contributed by atoms with E-state index in [9.17, 15) is 8.78 Å². The van der Waals surface area contributed by atoms with Crippen LogP contribution in [0.15, 0.2) is 53.0 Å². The Morgan fingerprint density at radius 2 is 1.85 bits per heavy atom. The average Bonchev–Trinajstić information content (AvgIpc) is 2.63. The lowest BCUT2D eigenvalue weighted by Gasteiger charge is -2.35. The fraction of sp³-hybridized carbons (Fsp3) is 0.400. The van der Waals surface area contributed by atoms with Crippen LogP contribution in [-0.2, 0) is 17.6 Å². The summed E-state index contributed by atoms with van der Waals surface area (Å²) in [6.45, 7) is 0.741. The number of para-hydroxylation sites is 1. The molecule has 0 aliphatic carbocycles. The molecule has 0 bridgehead atoms. The minimum absolute atomic E-state index is 0.160. The van der Waals surface area contributed by atoms with Crippen LogP contribution in [0, 0.1) is 0 Å². The van der Waals surface area contributed by atoms with E-state index in [1.807, 2.05) is 24.3 Å². The minimum atomic E-state index is -2.93. The number of nitrogens with two attached hydrogens (primary N) is 1. The largest absolute Gasteiger partial charge is 0.399 e. The van der Waals surface area contributed by atoms with Gasteiger partial charge < -0.3 is 15.8 Å². The summed E-state index contributed by atoms with van der Waals surface area (Å²) in [5.41, 5.74) is 8.31. The number of benzene rings is 2. The van der Waals surface area contributed by atoms with Gasteiger partial charge in [-0.1, -0.05) is 46.3 Å². The molecule has 26 heavy (non-hydrogen) atoms. The number of halogens is 3. The Kier molecular flexibility index (Phi) is 6.27. The van der Waals surface area contributed by atoms with Gasteiger partial charge in [-0.05, 0) is 42.2 Å². The summed E-state index contributed by atoms with van der Waals surface area (Å²) in [6.07, 6.45) is -0.330. The molecule has 0 saturated carbocycles. The Morgan fingerprint density at radius 1 is 1.12 bits per heavy atom. The summed E-state index contributed by atoms with van der Waals surface area (Å²) < 4.78 is 36.0. The molecule has 6 heteroatoms. The van der Waals surface area contributed by atoms with E-state index in [-0.39, 0.29) is 19.1 Å². The van der Waals surface area contributed by atoms with E-state index in [1.165, 1.54) is 0 Å². The summed E-state index contributed by atoms with van der Waals surface area (Å²) in [4.78, 5) is 0. The van der Waals surface area contributed by atoms with Gasteiger partial charge in [-0.15, -0.1) is 0 Å². The number of morpholine rings is 1. The molecule has 1 heterocycles. The molecule has 1 saturated heterocycles. The van der Waals surface area contributed by atoms with Crippen molar-refractivity contribution < 1.29 is 13.5 Å². The number of hydrogen-bond donors (Lipinski definition) is 2. The van der Waals surface area contributed by atoms with Crippen molar-refractivity contribution >= 4 is 21.6 Å². The maximum atomic E-state index is 14.7. The molecule has 3 rings (SSSR count). The molecule has 0 spiro atoms. The molecular weight excluding hydrogens is 402 g/mol. The van der Waals surface area contributed by atoms with Crippen molar-refractivity contribution in [2.45, 2.75) is 37.4 Å². The van der Waals surface area contributed by atoms with Crippen LogP contribution in [-0.4, -0.2) is 31.2 Å². The maximum Gasteiger partial charge on any atom is 0.278 e. The first-order chi connectivity index (χ1) is 12.4. The molecule has 1 aliphatic rings. The molecule has 2 aromatic rings. The van der Waals surface area contributed by atoms with Gasteiger partial charge >= 0.3 is 0 Å². The summed E-state index contributed by atoms with van der Waals surface area (Å²) >= 11 is 3.32. The lowest BCUT2D eigenvalue weighted by Crippen LogP contribution is -2.53. The predicted octanol–water partition coefficient (Wildman–Crippen LogP) is 4.20. The van der Waals surface area contributed by atoms with Crippen LogP contribution in [0.2, 0.25) is 0 Å². The van der Waals surface area contributed by atoms with Gasteiger partial charge in [0.05, 0.1) is 6.10 Å². The monoisotopic (exact) mass is 424 g/mol. The maximum absolute atomic E-state index is 14.7. The normalized spacial score (nSPS) is 20.9. The fourth-order valence-electron chi connectivity index (χ4n) is 3.19. The first kappa shape index (κ1) is 19.3. The molecule has 0 radical (unpaired) electrons. The van der Waals surface area contributed by atoms with Gasteiger partial charge in [0.25, 0.3) is 5.92 Å². The highest BCUT2D eigenvalue weighted by molar-refractivity contribution is 9.10. The van der Waals surface area contributed by atoms with Crippen LogP contribution in [0.1, 0.15) is 17.5 Å². The van der Waals surface area contributed by atoms with Crippen LogP contribution in [0.5, 0.6) is 0 Å². The van der Waals surface area contributed by atoms with Crippen molar-refractivity contribution in [2.24, 2.45) is 0 Å². The highest BCUT2D eigenvalue weighted by Gasteiger charge is 2.43. The van der Waals surface area contributed by atoms with Crippen LogP contribution in [0.25, 0.3) is 0 Å². The number of hydrogen-bond acceptors (Lipinski definition) is 3. The molecule has 140 valence electrons. The molecule has 3 nitrogen and oxygen atoms in total. The second kappa shape index (κ2) is 8.46. The number of anilines is 1. The number of nitrogens with one attached hydrogen (secondary N) is 1. The smallest absolute Gasteiger partial charge is 0.278 e. The Morgan fingerprint density at radius 3 is 2.58 bits per heavy atom. The number of nitrogen functional groups attached to an aromatic ring is 1. The van der Waals surface area contributed by atoms with Crippen LogP contribution in [0.4, 0.5) is 14.5 Å². The van der Waals surface area contributed by atoms with E-state index in [1.54, 1.807) is 24.3 Å². The summed E-state index contributed by atoms with van der Waals surface area (Å²) in [5.74, 6) is -2.93. The number of ether oxygens (including phenoxy) is 1. The third-order valence-electron chi connectivity index (χ3n) is 4.67. The van der Waals surface area contributed by atoms with Crippen molar-refractivity contribution in [3.63, 3.8) is 0 Å². The Labute approximate surface area is 161 Å². The lowest BCUT2D eigenvalue weighted by molar-refractivity contribution is -0.170. The zero-order chi connectivity index (χ0) is 18.6. The standard InChI is InChI=1S/C20H23BrF2N2O/c21-16-8-5-14(6-9-16)11-20(22,23)19-13-25-12-17(26-19)10-7-15-3-1-2-4-18(15)24/h1-6,8-9,17,19,25H,7,10-13,24H2/t17-,19+/m1/s1. The number of aryl methyl sites for hydroxylation is 1. The topological polar surface area (TPSA) is 47.3 Å². The van der Waals surface area contributed by atoms with Crippen molar-refractivity contribution in [2.75, 3.05) is 18.8 Å².